The van der Waals surface area contributed by atoms with Gasteiger partial charge in [0, 0.05) is 24.0 Å². The van der Waals surface area contributed by atoms with Gasteiger partial charge in [-0.25, -0.2) is 9.97 Å². The first-order valence-electron chi connectivity index (χ1n) is 5.33. The van der Waals surface area contributed by atoms with Crippen molar-refractivity contribution >= 4 is 22.5 Å². The van der Waals surface area contributed by atoms with E-state index in [0.29, 0.717) is 5.75 Å². The number of hydrogen-bond acceptors (Lipinski definition) is 4. The Morgan fingerprint density at radius 3 is 2.61 bits per heavy atom. The first-order chi connectivity index (χ1) is 8.84. The molecule has 3 rings (SSSR count). The lowest BCUT2D eigenvalue weighted by Crippen LogP contribution is -1.92. The van der Waals surface area contributed by atoms with Gasteiger partial charge in [0.25, 0.3) is 5.88 Å². The van der Waals surface area contributed by atoms with Crippen LogP contribution in [0.3, 0.4) is 0 Å². The van der Waals surface area contributed by atoms with Crippen LogP contribution in [0.5, 0.6) is 11.6 Å². The van der Waals surface area contributed by atoms with Crippen molar-refractivity contribution in [1.29, 1.82) is 0 Å². The summed E-state index contributed by atoms with van der Waals surface area (Å²) in [5, 5.41) is 1.22. The first-order valence-corrected chi connectivity index (χ1v) is 5.70. The molecule has 5 heteroatoms. The summed E-state index contributed by atoms with van der Waals surface area (Å²) in [5.74, 6) is 0.882. The van der Waals surface area contributed by atoms with Gasteiger partial charge in [0.05, 0.1) is 0 Å². The van der Waals surface area contributed by atoms with Crippen molar-refractivity contribution in [3.63, 3.8) is 0 Å². The molecule has 3 aromatic rings. The number of para-hydroxylation sites is 1. The quantitative estimate of drug-likeness (QED) is 0.705. The summed E-state index contributed by atoms with van der Waals surface area (Å²) < 4.78 is 5.65. The minimum Gasteiger partial charge on any atom is -0.434 e. The molecule has 0 spiro atoms. The predicted octanol–water partition coefficient (Wildman–Crippen LogP) is 3.47. The van der Waals surface area contributed by atoms with Crippen LogP contribution in [-0.2, 0) is 0 Å². The minimum atomic E-state index is 0.227. The molecule has 2 aromatic heterocycles. The van der Waals surface area contributed by atoms with Crippen LogP contribution in [0.4, 0.5) is 0 Å². The number of aromatic nitrogens is 3. The third kappa shape index (κ3) is 1.98. The van der Waals surface area contributed by atoms with Gasteiger partial charge in [0.1, 0.15) is 5.52 Å². The Morgan fingerprint density at radius 1 is 0.889 bits per heavy atom. The van der Waals surface area contributed by atoms with Crippen LogP contribution in [0.15, 0.2) is 48.9 Å². The number of benzene rings is 1. The molecule has 0 fully saturated rings. The molecule has 0 amide bonds. The van der Waals surface area contributed by atoms with Gasteiger partial charge < -0.3 is 4.74 Å². The maximum Gasteiger partial charge on any atom is 0.257 e. The van der Waals surface area contributed by atoms with Crippen LogP contribution in [0, 0.1) is 0 Å². The maximum atomic E-state index is 5.91. The van der Waals surface area contributed by atoms with Crippen molar-refractivity contribution in [3.05, 3.63) is 54.1 Å². The number of fused-ring (bicyclic) bond motifs is 1. The highest BCUT2D eigenvalue weighted by molar-refractivity contribution is 6.30. The van der Waals surface area contributed by atoms with Gasteiger partial charge in [-0.15, -0.1) is 0 Å². The van der Waals surface area contributed by atoms with Crippen LogP contribution in [0.1, 0.15) is 0 Å². The van der Waals surface area contributed by atoms with E-state index in [0.717, 1.165) is 10.9 Å². The molecule has 0 bridgehead atoms. The predicted molar refractivity (Wildman–Crippen MR) is 68.9 cm³/mol. The van der Waals surface area contributed by atoms with Crippen LogP contribution in [0.25, 0.3) is 10.9 Å². The molecule has 0 saturated carbocycles. The van der Waals surface area contributed by atoms with Crippen molar-refractivity contribution in [1.82, 2.24) is 15.0 Å². The van der Waals surface area contributed by atoms with Gasteiger partial charge in [-0.3, -0.25) is 4.98 Å². The SMILES string of the molecule is Clc1nccnc1Oc1cccc2cccnc12. The highest BCUT2D eigenvalue weighted by atomic mass is 35.5. The topological polar surface area (TPSA) is 47.9 Å². The molecule has 2 heterocycles. The van der Waals surface area contributed by atoms with Gasteiger partial charge in [0.2, 0.25) is 0 Å². The average Bonchev–Trinajstić information content (AvgIpc) is 2.42. The van der Waals surface area contributed by atoms with Crippen molar-refractivity contribution in [2.24, 2.45) is 0 Å². The van der Waals surface area contributed by atoms with E-state index in [1.54, 1.807) is 6.20 Å². The fourth-order valence-corrected chi connectivity index (χ4v) is 1.78. The molecule has 0 aliphatic carbocycles. The van der Waals surface area contributed by atoms with Crippen LogP contribution < -0.4 is 4.74 Å². The van der Waals surface area contributed by atoms with E-state index in [9.17, 15) is 0 Å². The monoisotopic (exact) mass is 257 g/mol. The Morgan fingerprint density at radius 2 is 1.72 bits per heavy atom. The molecule has 0 atom stereocenters. The standard InChI is InChI=1S/C13H8ClN3O/c14-12-13(17-8-7-16-12)18-10-5-1-3-9-4-2-6-15-11(9)10/h1-8H. The largest absolute Gasteiger partial charge is 0.434 e. The number of ether oxygens (including phenoxy) is 1. The molecule has 88 valence electrons. The Hall–Kier alpha value is -2.20. The fraction of sp³-hybridized carbons (Fsp3) is 0. The Balaban J connectivity index is 2.08. The zero-order valence-electron chi connectivity index (χ0n) is 9.25. The normalized spacial score (nSPS) is 10.5. The summed E-state index contributed by atoms with van der Waals surface area (Å²) in [4.78, 5) is 12.2. The lowest BCUT2D eigenvalue weighted by molar-refractivity contribution is 0.464. The summed E-state index contributed by atoms with van der Waals surface area (Å²) in [5.41, 5.74) is 0.765. The van der Waals surface area contributed by atoms with Crippen molar-refractivity contribution in [2.45, 2.75) is 0 Å². The second-order valence-corrected chi connectivity index (χ2v) is 3.94. The smallest absolute Gasteiger partial charge is 0.257 e. The lowest BCUT2D eigenvalue weighted by Gasteiger charge is -2.07. The van der Waals surface area contributed by atoms with Crippen molar-refractivity contribution < 1.29 is 4.74 Å². The Labute approximate surface area is 108 Å². The summed E-state index contributed by atoms with van der Waals surface area (Å²) in [6, 6.07) is 9.52. The van der Waals surface area contributed by atoms with Crippen molar-refractivity contribution in [2.75, 3.05) is 0 Å². The summed E-state index contributed by atoms with van der Waals surface area (Å²) in [6.07, 6.45) is 4.75. The van der Waals surface area contributed by atoms with Crippen LogP contribution in [0.2, 0.25) is 5.15 Å². The molecule has 0 unspecified atom stereocenters. The lowest BCUT2D eigenvalue weighted by atomic mass is 10.2. The van der Waals surface area contributed by atoms with Gasteiger partial charge in [0.15, 0.2) is 10.9 Å². The number of nitrogens with zero attached hydrogens (tertiary/aromatic N) is 3. The third-order valence-corrected chi connectivity index (χ3v) is 2.68. The summed E-state index contributed by atoms with van der Waals surface area (Å²) >= 11 is 5.91. The van der Waals surface area contributed by atoms with Crippen LogP contribution in [-0.4, -0.2) is 15.0 Å². The minimum absolute atomic E-state index is 0.227. The number of pyridine rings is 1. The Bertz CT molecular complexity index is 697. The zero-order chi connectivity index (χ0) is 12.4. The van der Waals surface area contributed by atoms with E-state index in [-0.39, 0.29) is 11.0 Å². The summed E-state index contributed by atoms with van der Waals surface area (Å²) in [6.45, 7) is 0. The van der Waals surface area contributed by atoms with Gasteiger partial charge in [-0.05, 0) is 12.1 Å². The highest BCUT2D eigenvalue weighted by Gasteiger charge is 2.08. The number of rotatable bonds is 2. The van der Waals surface area contributed by atoms with E-state index in [1.807, 2.05) is 30.3 Å². The molecule has 0 saturated heterocycles. The molecule has 18 heavy (non-hydrogen) atoms. The molecule has 0 aliphatic rings. The first kappa shape index (κ1) is 10.9. The van der Waals surface area contributed by atoms with E-state index in [1.165, 1.54) is 12.4 Å². The van der Waals surface area contributed by atoms with Gasteiger partial charge in [-0.1, -0.05) is 29.8 Å². The molecule has 1 aromatic carbocycles. The molecule has 0 radical (unpaired) electrons. The molecular weight excluding hydrogens is 250 g/mol. The van der Waals surface area contributed by atoms with Gasteiger partial charge in [-0.2, -0.15) is 0 Å². The van der Waals surface area contributed by atoms with E-state index < -0.39 is 0 Å². The maximum absolute atomic E-state index is 5.91. The van der Waals surface area contributed by atoms with E-state index in [2.05, 4.69) is 15.0 Å². The second kappa shape index (κ2) is 4.58. The van der Waals surface area contributed by atoms with E-state index >= 15 is 0 Å². The van der Waals surface area contributed by atoms with Crippen molar-refractivity contribution in [3.8, 4) is 11.6 Å². The molecule has 0 aliphatic heterocycles. The molecule has 0 N–H and O–H groups in total. The molecule has 4 nitrogen and oxygen atoms in total. The highest BCUT2D eigenvalue weighted by Crippen LogP contribution is 2.29. The van der Waals surface area contributed by atoms with Gasteiger partial charge >= 0.3 is 0 Å². The second-order valence-electron chi connectivity index (χ2n) is 3.59. The average molecular weight is 258 g/mol. The summed E-state index contributed by atoms with van der Waals surface area (Å²) in [7, 11) is 0. The molecular formula is C13H8ClN3O. The number of halogens is 1. The Kier molecular flexibility index (Phi) is 2.78. The fourth-order valence-electron chi connectivity index (χ4n) is 1.64. The zero-order valence-corrected chi connectivity index (χ0v) is 10.0. The number of hydrogen-bond donors (Lipinski definition) is 0. The van der Waals surface area contributed by atoms with E-state index in [4.69, 9.17) is 16.3 Å². The van der Waals surface area contributed by atoms with Crippen LogP contribution >= 0.6 is 11.6 Å². The third-order valence-electron chi connectivity index (χ3n) is 2.43.